The second-order valence-corrected chi connectivity index (χ2v) is 4.83. The van der Waals surface area contributed by atoms with Crippen LogP contribution in [0.3, 0.4) is 0 Å². The fourth-order valence-electron chi connectivity index (χ4n) is 2.45. The largest absolute Gasteiger partial charge is 0.482 e. The predicted molar refractivity (Wildman–Crippen MR) is 75.3 cm³/mol. The molecule has 114 valence electrons. The number of benzene rings is 1. The number of nitrogens with one attached hydrogen (secondary N) is 1. The number of esters is 1. The van der Waals surface area contributed by atoms with Crippen molar-refractivity contribution in [2.45, 2.75) is 25.3 Å². The van der Waals surface area contributed by atoms with E-state index in [1.54, 1.807) is 0 Å². The van der Waals surface area contributed by atoms with Crippen LogP contribution in [0.5, 0.6) is 5.75 Å². The minimum Gasteiger partial charge on any atom is -0.482 e. The Kier molecular flexibility index (Phi) is 5.03. The van der Waals surface area contributed by atoms with Gasteiger partial charge in [0.15, 0.2) is 6.61 Å². The second-order valence-electron chi connectivity index (χ2n) is 4.83. The summed E-state index contributed by atoms with van der Waals surface area (Å²) >= 11 is 0. The van der Waals surface area contributed by atoms with Gasteiger partial charge in [-0.2, -0.15) is 0 Å². The summed E-state index contributed by atoms with van der Waals surface area (Å²) in [5.74, 6) is 0.295. The molecule has 6 nitrogen and oxygen atoms in total. The number of carbonyl (C=O) groups excluding carboxylic acids is 2. The molecule has 0 aromatic heterocycles. The SMILES string of the molecule is COC(=O)COc1cccc2c1CCC(NC(=O)OC)C2. The summed E-state index contributed by atoms with van der Waals surface area (Å²) in [6.07, 6.45) is 1.89. The van der Waals surface area contributed by atoms with Crippen molar-refractivity contribution in [3.8, 4) is 5.75 Å². The van der Waals surface area contributed by atoms with Gasteiger partial charge >= 0.3 is 12.1 Å². The molecule has 0 aliphatic heterocycles. The molecule has 1 N–H and O–H groups in total. The summed E-state index contributed by atoms with van der Waals surface area (Å²) in [7, 11) is 2.68. The van der Waals surface area contributed by atoms with Crippen LogP contribution in [0, 0.1) is 0 Å². The fourth-order valence-corrected chi connectivity index (χ4v) is 2.45. The van der Waals surface area contributed by atoms with Gasteiger partial charge in [0.2, 0.25) is 0 Å². The minimum absolute atomic E-state index is 0.0563. The zero-order chi connectivity index (χ0) is 15.2. The lowest BCUT2D eigenvalue weighted by Crippen LogP contribution is -2.38. The van der Waals surface area contributed by atoms with Gasteiger partial charge in [-0.1, -0.05) is 12.1 Å². The van der Waals surface area contributed by atoms with Gasteiger partial charge in [-0.3, -0.25) is 0 Å². The molecule has 1 unspecified atom stereocenters. The Labute approximate surface area is 123 Å². The fraction of sp³-hybridized carbons (Fsp3) is 0.467. The predicted octanol–water partition coefficient (Wildman–Crippen LogP) is 1.45. The second kappa shape index (κ2) is 6.97. The molecule has 2 rings (SSSR count). The van der Waals surface area contributed by atoms with Crippen LogP contribution in [0.15, 0.2) is 18.2 Å². The van der Waals surface area contributed by atoms with E-state index in [-0.39, 0.29) is 12.6 Å². The van der Waals surface area contributed by atoms with E-state index in [4.69, 9.17) is 4.74 Å². The van der Waals surface area contributed by atoms with E-state index in [1.165, 1.54) is 14.2 Å². The van der Waals surface area contributed by atoms with Crippen LogP contribution in [0.25, 0.3) is 0 Å². The van der Waals surface area contributed by atoms with Crippen LogP contribution in [0.4, 0.5) is 4.79 Å². The highest BCUT2D eigenvalue weighted by Crippen LogP contribution is 2.29. The molecule has 1 aromatic rings. The van der Waals surface area contributed by atoms with Crippen LogP contribution in [0.2, 0.25) is 0 Å². The first kappa shape index (κ1) is 15.2. The Bertz CT molecular complexity index is 529. The summed E-state index contributed by atoms with van der Waals surface area (Å²) < 4.78 is 14.7. The van der Waals surface area contributed by atoms with Crippen LogP contribution in [0.1, 0.15) is 17.5 Å². The molecular weight excluding hydrogens is 274 g/mol. The molecule has 1 amide bonds. The molecule has 0 bridgehead atoms. The first-order valence-electron chi connectivity index (χ1n) is 6.79. The molecular formula is C15H19NO5. The lowest BCUT2D eigenvalue weighted by Gasteiger charge is -2.26. The Morgan fingerprint density at radius 2 is 2.10 bits per heavy atom. The van der Waals surface area contributed by atoms with Crippen LogP contribution in [-0.2, 0) is 27.1 Å². The van der Waals surface area contributed by atoms with E-state index in [9.17, 15) is 9.59 Å². The standard InChI is InChI=1S/C15H19NO5/c1-19-14(17)9-21-13-5-3-4-10-8-11(6-7-12(10)13)16-15(18)20-2/h3-5,11H,6-9H2,1-2H3,(H,16,18). The first-order chi connectivity index (χ1) is 10.1. The van der Waals surface area contributed by atoms with E-state index in [0.717, 1.165) is 30.4 Å². The number of hydrogen-bond acceptors (Lipinski definition) is 5. The number of ether oxygens (including phenoxy) is 3. The highest BCUT2D eigenvalue weighted by atomic mass is 16.6. The molecule has 1 atom stereocenters. The van der Waals surface area contributed by atoms with Gasteiger partial charge in [0.05, 0.1) is 14.2 Å². The topological polar surface area (TPSA) is 73.9 Å². The summed E-state index contributed by atoms with van der Waals surface area (Å²) in [5.41, 5.74) is 2.20. The molecule has 21 heavy (non-hydrogen) atoms. The average Bonchev–Trinajstić information content (AvgIpc) is 2.51. The summed E-state index contributed by atoms with van der Waals surface area (Å²) in [6.45, 7) is -0.100. The van der Waals surface area contributed by atoms with Crippen molar-refractivity contribution in [3.05, 3.63) is 29.3 Å². The van der Waals surface area contributed by atoms with Crippen molar-refractivity contribution in [2.24, 2.45) is 0 Å². The molecule has 6 heteroatoms. The highest BCUT2D eigenvalue weighted by Gasteiger charge is 2.23. The van der Waals surface area contributed by atoms with Crippen molar-refractivity contribution >= 4 is 12.1 Å². The maximum absolute atomic E-state index is 11.3. The molecule has 0 radical (unpaired) electrons. The number of carbonyl (C=O) groups is 2. The van der Waals surface area contributed by atoms with Crippen molar-refractivity contribution in [3.63, 3.8) is 0 Å². The van der Waals surface area contributed by atoms with E-state index >= 15 is 0 Å². The number of alkyl carbamates (subject to hydrolysis) is 1. The van der Waals surface area contributed by atoms with E-state index in [2.05, 4.69) is 14.8 Å². The smallest absolute Gasteiger partial charge is 0.407 e. The van der Waals surface area contributed by atoms with Crippen molar-refractivity contribution in [1.82, 2.24) is 5.32 Å². The highest BCUT2D eigenvalue weighted by molar-refractivity contribution is 5.71. The third-order valence-corrected chi connectivity index (χ3v) is 3.52. The third-order valence-electron chi connectivity index (χ3n) is 3.52. The van der Waals surface area contributed by atoms with Gasteiger partial charge in [-0.15, -0.1) is 0 Å². The monoisotopic (exact) mass is 293 g/mol. The summed E-state index contributed by atoms with van der Waals surface area (Å²) in [5, 5.41) is 2.81. The number of hydrogen-bond donors (Lipinski definition) is 1. The van der Waals surface area contributed by atoms with Crippen LogP contribution in [-0.4, -0.2) is 38.9 Å². The van der Waals surface area contributed by atoms with Crippen LogP contribution >= 0.6 is 0 Å². The first-order valence-corrected chi connectivity index (χ1v) is 6.79. The van der Waals surface area contributed by atoms with Gasteiger partial charge < -0.3 is 19.5 Å². The number of methoxy groups -OCH3 is 2. The van der Waals surface area contributed by atoms with E-state index < -0.39 is 12.1 Å². The normalized spacial score (nSPS) is 16.6. The average molecular weight is 293 g/mol. The van der Waals surface area contributed by atoms with Crippen molar-refractivity contribution < 1.29 is 23.8 Å². The minimum atomic E-state index is -0.415. The number of amides is 1. The summed E-state index contributed by atoms with van der Waals surface area (Å²) in [6, 6.07) is 5.79. The zero-order valence-corrected chi connectivity index (χ0v) is 12.2. The quantitative estimate of drug-likeness (QED) is 0.851. The summed E-state index contributed by atoms with van der Waals surface area (Å²) in [4.78, 5) is 22.4. The van der Waals surface area contributed by atoms with E-state index in [0.29, 0.717) is 5.75 Å². The van der Waals surface area contributed by atoms with Crippen molar-refractivity contribution in [1.29, 1.82) is 0 Å². The lowest BCUT2D eigenvalue weighted by molar-refractivity contribution is -0.142. The molecule has 0 saturated heterocycles. The van der Waals surface area contributed by atoms with E-state index in [1.807, 2.05) is 18.2 Å². The van der Waals surface area contributed by atoms with Crippen LogP contribution < -0.4 is 10.1 Å². The molecule has 0 heterocycles. The molecule has 0 spiro atoms. The zero-order valence-electron chi connectivity index (χ0n) is 12.2. The number of rotatable bonds is 4. The van der Waals surface area contributed by atoms with Crippen molar-refractivity contribution in [2.75, 3.05) is 20.8 Å². The Balaban J connectivity index is 2.05. The molecule has 1 aliphatic rings. The molecule has 1 aromatic carbocycles. The van der Waals surface area contributed by atoms with Gasteiger partial charge in [0.1, 0.15) is 5.75 Å². The maximum Gasteiger partial charge on any atom is 0.407 e. The molecule has 0 fully saturated rings. The van der Waals surface area contributed by atoms with Gasteiger partial charge in [-0.05, 0) is 36.5 Å². The third kappa shape index (κ3) is 3.87. The maximum atomic E-state index is 11.3. The lowest BCUT2D eigenvalue weighted by atomic mass is 9.88. The Hall–Kier alpha value is -2.24. The Morgan fingerprint density at radius 1 is 1.29 bits per heavy atom. The Morgan fingerprint density at radius 3 is 2.81 bits per heavy atom. The number of fused-ring (bicyclic) bond motifs is 1. The van der Waals surface area contributed by atoms with Gasteiger partial charge in [0.25, 0.3) is 0 Å². The molecule has 1 aliphatic carbocycles. The van der Waals surface area contributed by atoms with Gasteiger partial charge in [0, 0.05) is 6.04 Å². The molecule has 0 saturated carbocycles. The van der Waals surface area contributed by atoms with Gasteiger partial charge in [-0.25, -0.2) is 9.59 Å².